The average molecular weight is 617 g/mol. The number of benzene rings is 7. The van der Waals surface area contributed by atoms with Crippen molar-refractivity contribution in [1.29, 1.82) is 0 Å². The van der Waals surface area contributed by atoms with Crippen LogP contribution in [0.15, 0.2) is 193 Å². The standard InChI is InChI=1S/C46H36N2/c1-5-16-34(17-6-1)32-47-45(48-33-35-28-30-37(31-29-35)36-18-7-2-8-19-36)41-25-15-27-43-44(41)40-24-13-14-26-42(40)46(43,38-20-9-3-10-21-38)39-22-11-4-12-23-39/h1-31H,32-33H2,(H,47,48). The van der Waals surface area contributed by atoms with Gasteiger partial charge in [0, 0.05) is 12.1 Å². The van der Waals surface area contributed by atoms with Gasteiger partial charge >= 0.3 is 0 Å². The summed E-state index contributed by atoms with van der Waals surface area (Å²) >= 11 is 0. The number of nitrogens with zero attached hydrogens (tertiary/aromatic N) is 1. The van der Waals surface area contributed by atoms with E-state index in [9.17, 15) is 0 Å². The number of hydrogen-bond acceptors (Lipinski definition) is 1. The summed E-state index contributed by atoms with van der Waals surface area (Å²) in [7, 11) is 0. The van der Waals surface area contributed by atoms with Gasteiger partial charge in [-0.05, 0) is 55.6 Å². The molecule has 2 heteroatoms. The normalized spacial score (nSPS) is 13.0. The smallest absolute Gasteiger partial charge is 0.129 e. The lowest BCUT2D eigenvalue weighted by atomic mass is 9.67. The highest BCUT2D eigenvalue weighted by atomic mass is 15.0. The topological polar surface area (TPSA) is 24.4 Å². The molecule has 0 unspecified atom stereocenters. The maximum Gasteiger partial charge on any atom is 0.129 e. The van der Waals surface area contributed by atoms with Crippen LogP contribution >= 0.6 is 0 Å². The van der Waals surface area contributed by atoms with Gasteiger partial charge in [0.15, 0.2) is 0 Å². The summed E-state index contributed by atoms with van der Waals surface area (Å²) in [5.74, 6) is 0.898. The van der Waals surface area contributed by atoms with Crippen LogP contribution in [-0.2, 0) is 18.5 Å². The number of nitrogens with one attached hydrogen (secondary N) is 1. The fraction of sp³-hybridized carbons (Fsp3) is 0.0652. The van der Waals surface area contributed by atoms with Gasteiger partial charge in [0.1, 0.15) is 5.84 Å². The molecule has 0 aliphatic heterocycles. The van der Waals surface area contributed by atoms with Crippen molar-refractivity contribution in [1.82, 2.24) is 5.32 Å². The molecule has 1 aliphatic rings. The van der Waals surface area contributed by atoms with Crippen molar-refractivity contribution in [2.75, 3.05) is 0 Å². The molecule has 0 amide bonds. The van der Waals surface area contributed by atoms with Crippen LogP contribution in [0.2, 0.25) is 0 Å². The van der Waals surface area contributed by atoms with Gasteiger partial charge in [0.25, 0.3) is 0 Å². The van der Waals surface area contributed by atoms with Gasteiger partial charge in [-0.2, -0.15) is 0 Å². The van der Waals surface area contributed by atoms with Crippen LogP contribution in [0, 0.1) is 0 Å². The van der Waals surface area contributed by atoms with Crippen LogP contribution < -0.4 is 5.32 Å². The first-order valence-corrected chi connectivity index (χ1v) is 16.6. The fourth-order valence-electron chi connectivity index (χ4n) is 7.31. The quantitative estimate of drug-likeness (QED) is 0.133. The van der Waals surface area contributed by atoms with E-state index in [1.165, 1.54) is 55.6 Å². The van der Waals surface area contributed by atoms with E-state index in [-0.39, 0.29) is 0 Å². The molecule has 0 aromatic heterocycles. The fourth-order valence-corrected chi connectivity index (χ4v) is 7.31. The molecule has 1 N–H and O–H groups in total. The molecule has 0 heterocycles. The zero-order valence-electron chi connectivity index (χ0n) is 26.8. The predicted molar refractivity (Wildman–Crippen MR) is 199 cm³/mol. The molecule has 0 saturated heterocycles. The third-order valence-electron chi connectivity index (χ3n) is 9.52. The summed E-state index contributed by atoms with van der Waals surface area (Å²) in [5.41, 5.74) is 13.0. The Balaban J connectivity index is 1.27. The van der Waals surface area contributed by atoms with E-state index in [0.29, 0.717) is 13.1 Å². The first kappa shape index (κ1) is 29.4. The van der Waals surface area contributed by atoms with Crippen molar-refractivity contribution in [3.8, 4) is 22.3 Å². The molecule has 48 heavy (non-hydrogen) atoms. The third kappa shape index (κ3) is 5.32. The van der Waals surface area contributed by atoms with Gasteiger partial charge in [-0.1, -0.05) is 188 Å². The van der Waals surface area contributed by atoms with Crippen molar-refractivity contribution in [3.05, 3.63) is 227 Å². The van der Waals surface area contributed by atoms with Crippen molar-refractivity contribution in [2.45, 2.75) is 18.5 Å². The van der Waals surface area contributed by atoms with E-state index >= 15 is 0 Å². The lowest BCUT2D eigenvalue weighted by Crippen LogP contribution is -2.29. The van der Waals surface area contributed by atoms with E-state index in [0.717, 1.165) is 11.4 Å². The molecule has 230 valence electrons. The van der Waals surface area contributed by atoms with E-state index in [1.807, 2.05) is 0 Å². The van der Waals surface area contributed by atoms with Gasteiger partial charge in [-0.3, -0.25) is 4.99 Å². The van der Waals surface area contributed by atoms with Gasteiger partial charge in [0.05, 0.1) is 12.0 Å². The molecule has 0 atom stereocenters. The number of hydrogen-bond donors (Lipinski definition) is 1. The summed E-state index contributed by atoms with van der Waals surface area (Å²) in [6, 6.07) is 67.4. The summed E-state index contributed by atoms with van der Waals surface area (Å²) in [5, 5.41) is 3.78. The zero-order chi connectivity index (χ0) is 32.2. The molecular formula is C46H36N2. The Morgan fingerprint density at radius 2 is 1.00 bits per heavy atom. The summed E-state index contributed by atoms with van der Waals surface area (Å²) in [6.07, 6.45) is 0. The second-order valence-corrected chi connectivity index (χ2v) is 12.3. The number of amidine groups is 1. The monoisotopic (exact) mass is 616 g/mol. The molecule has 7 aromatic carbocycles. The van der Waals surface area contributed by atoms with E-state index in [1.54, 1.807) is 0 Å². The molecular weight excluding hydrogens is 581 g/mol. The number of aliphatic imine (C=N–C) groups is 1. The van der Waals surface area contributed by atoms with Crippen molar-refractivity contribution >= 4 is 5.84 Å². The Kier molecular flexibility index (Phi) is 7.98. The first-order chi connectivity index (χ1) is 23.8. The average Bonchev–Trinajstić information content (AvgIpc) is 3.48. The predicted octanol–water partition coefficient (Wildman–Crippen LogP) is 10.5. The van der Waals surface area contributed by atoms with Crippen molar-refractivity contribution in [2.24, 2.45) is 4.99 Å². The largest absolute Gasteiger partial charge is 0.366 e. The summed E-state index contributed by atoms with van der Waals surface area (Å²) < 4.78 is 0. The lowest BCUT2D eigenvalue weighted by molar-refractivity contribution is 0.768. The van der Waals surface area contributed by atoms with Crippen LogP contribution in [0.1, 0.15) is 38.9 Å². The minimum absolute atomic E-state index is 0.456. The summed E-state index contributed by atoms with van der Waals surface area (Å²) in [6.45, 7) is 1.25. The second-order valence-electron chi connectivity index (χ2n) is 12.3. The van der Waals surface area contributed by atoms with Gasteiger partial charge < -0.3 is 5.32 Å². The highest BCUT2D eigenvalue weighted by Crippen LogP contribution is 2.56. The Labute approximate surface area is 283 Å². The highest BCUT2D eigenvalue weighted by molar-refractivity contribution is 6.07. The minimum atomic E-state index is -0.456. The molecule has 0 spiro atoms. The molecule has 0 saturated carbocycles. The van der Waals surface area contributed by atoms with Gasteiger partial charge in [-0.25, -0.2) is 0 Å². The minimum Gasteiger partial charge on any atom is -0.366 e. The summed E-state index contributed by atoms with van der Waals surface area (Å²) in [4.78, 5) is 5.33. The highest BCUT2D eigenvalue weighted by Gasteiger charge is 2.46. The van der Waals surface area contributed by atoms with Crippen molar-refractivity contribution < 1.29 is 0 Å². The van der Waals surface area contributed by atoms with Gasteiger partial charge in [0.2, 0.25) is 0 Å². The SMILES string of the molecule is c1ccc(CN/C(=N\Cc2ccc(-c3ccccc3)cc2)c2cccc3c2-c2ccccc2C3(c2ccccc2)c2ccccc2)cc1. The molecule has 0 bridgehead atoms. The van der Waals surface area contributed by atoms with E-state index in [4.69, 9.17) is 4.99 Å². The maximum absolute atomic E-state index is 5.33. The van der Waals surface area contributed by atoms with E-state index < -0.39 is 5.41 Å². The Morgan fingerprint density at radius 3 is 1.67 bits per heavy atom. The van der Waals surface area contributed by atoms with Crippen LogP contribution in [0.25, 0.3) is 22.3 Å². The van der Waals surface area contributed by atoms with Crippen molar-refractivity contribution in [3.63, 3.8) is 0 Å². The van der Waals surface area contributed by atoms with Crippen LogP contribution in [0.4, 0.5) is 0 Å². The molecule has 2 nitrogen and oxygen atoms in total. The van der Waals surface area contributed by atoms with Crippen LogP contribution in [0.5, 0.6) is 0 Å². The molecule has 7 aromatic rings. The molecule has 8 rings (SSSR count). The maximum atomic E-state index is 5.33. The van der Waals surface area contributed by atoms with Crippen LogP contribution in [0.3, 0.4) is 0 Å². The van der Waals surface area contributed by atoms with E-state index in [2.05, 4.69) is 193 Å². The number of fused-ring (bicyclic) bond motifs is 3. The number of rotatable bonds is 8. The van der Waals surface area contributed by atoms with Crippen LogP contribution in [-0.4, -0.2) is 5.84 Å². The Bertz CT molecular complexity index is 2130. The zero-order valence-corrected chi connectivity index (χ0v) is 26.8. The molecule has 0 fully saturated rings. The third-order valence-corrected chi connectivity index (χ3v) is 9.52. The molecule has 1 aliphatic carbocycles. The Hall–Kier alpha value is -5.99. The lowest BCUT2D eigenvalue weighted by Gasteiger charge is -2.34. The van der Waals surface area contributed by atoms with Gasteiger partial charge in [-0.15, -0.1) is 0 Å². The second kappa shape index (κ2) is 13.0. The Morgan fingerprint density at radius 1 is 0.458 bits per heavy atom. The molecule has 0 radical (unpaired) electrons. The first-order valence-electron chi connectivity index (χ1n) is 16.6.